The Balaban J connectivity index is 0.00000370. The van der Waals surface area contributed by atoms with Crippen molar-refractivity contribution < 1.29 is 28.2 Å². The molecule has 8 nitrogen and oxygen atoms in total. The fraction of sp³-hybridized carbons (Fsp3) is 0.379. The van der Waals surface area contributed by atoms with Gasteiger partial charge >= 0.3 is 0 Å². The van der Waals surface area contributed by atoms with Crippen LogP contribution in [-0.4, -0.2) is 56.9 Å². The van der Waals surface area contributed by atoms with Crippen LogP contribution in [0.5, 0.6) is 11.5 Å². The molecule has 2 atom stereocenters. The van der Waals surface area contributed by atoms with E-state index in [4.69, 9.17) is 14.2 Å². The van der Waals surface area contributed by atoms with E-state index in [0.29, 0.717) is 37.5 Å². The summed E-state index contributed by atoms with van der Waals surface area (Å²) in [7, 11) is 3.24. The van der Waals surface area contributed by atoms with E-state index in [-0.39, 0.29) is 30.6 Å². The first-order chi connectivity index (χ1) is 18.8. The lowest BCUT2D eigenvalue weighted by atomic mass is 9.84. The van der Waals surface area contributed by atoms with Crippen molar-refractivity contribution in [2.45, 2.75) is 44.0 Å². The van der Waals surface area contributed by atoms with Crippen molar-refractivity contribution in [1.82, 2.24) is 10.6 Å². The summed E-state index contributed by atoms with van der Waals surface area (Å²) in [5.41, 5.74) is -0.138. The normalized spacial score (nSPS) is 18.8. The fourth-order valence-electron chi connectivity index (χ4n) is 5.29. The van der Waals surface area contributed by atoms with Gasteiger partial charge in [0, 0.05) is 22.9 Å². The molecule has 11 heteroatoms. The van der Waals surface area contributed by atoms with Gasteiger partial charge in [-0.1, -0.05) is 34.1 Å². The molecule has 214 valence electrons. The number of ether oxygens (including phenoxy) is 3. The third-order valence-corrected chi connectivity index (χ3v) is 8.11. The van der Waals surface area contributed by atoms with Crippen LogP contribution in [0.4, 0.5) is 10.1 Å². The molecule has 3 aromatic rings. The first-order valence-electron chi connectivity index (χ1n) is 12.9. The van der Waals surface area contributed by atoms with E-state index in [1.807, 2.05) is 30.3 Å². The quantitative estimate of drug-likeness (QED) is 0.407. The smallest absolute Gasteiger partial charge is 0.254 e. The van der Waals surface area contributed by atoms with Gasteiger partial charge in [-0.05, 0) is 55.1 Å². The number of nitrogens with one attached hydrogen (secondary N) is 2. The van der Waals surface area contributed by atoms with Crippen molar-refractivity contribution in [1.29, 1.82) is 0 Å². The molecular formula is C29H32BrClFN3O5. The second kappa shape index (κ2) is 12.3. The third-order valence-electron chi connectivity index (χ3n) is 7.62. The van der Waals surface area contributed by atoms with Crippen LogP contribution in [0.15, 0.2) is 53.0 Å². The second-order valence-corrected chi connectivity index (χ2v) is 10.8. The van der Waals surface area contributed by atoms with Crippen LogP contribution in [0.25, 0.3) is 10.8 Å². The van der Waals surface area contributed by atoms with Crippen molar-refractivity contribution in [2.75, 3.05) is 32.3 Å². The van der Waals surface area contributed by atoms with Crippen molar-refractivity contribution in [2.24, 2.45) is 0 Å². The summed E-state index contributed by atoms with van der Waals surface area (Å²) in [5, 5.41) is 7.68. The zero-order valence-corrected chi connectivity index (χ0v) is 24.9. The lowest BCUT2D eigenvalue weighted by molar-refractivity contribution is -0.138. The lowest BCUT2D eigenvalue weighted by Crippen LogP contribution is -2.65. The molecule has 0 aromatic heterocycles. The maximum absolute atomic E-state index is 15.4. The van der Waals surface area contributed by atoms with Crippen LogP contribution in [0.1, 0.15) is 25.3 Å². The standard InChI is InChI=1S/C29H31BrFN3O5.ClH/c1-17(32-2)27(35)33-26-28(36)34(16-21-20-9-8-19(30)15-18(20)7-10-24(21)37-3)23-6-4-5-22(31)25(23)39-29(26)11-13-38-14-12-29;/h4-10,15,17,26,32H,11-14,16H2,1-3H3,(H,33,35);1H/t17-,26-;/m0./s1. The number of fused-ring (bicyclic) bond motifs is 2. The van der Waals surface area contributed by atoms with Crippen molar-refractivity contribution in [3.63, 3.8) is 0 Å². The largest absolute Gasteiger partial charge is 0.496 e. The van der Waals surface area contributed by atoms with Crippen LogP contribution in [0, 0.1) is 5.82 Å². The van der Waals surface area contributed by atoms with Gasteiger partial charge in [0.1, 0.15) is 17.4 Å². The lowest BCUT2D eigenvalue weighted by Gasteiger charge is -2.41. The monoisotopic (exact) mass is 635 g/mol. The Labute approximate surface area is 247 Å². The Morgan fingerprint density at radius 1 is 1.23 bits per heavy atom. The Morgan fingerprint density at radius 2 is 1.98 bits per heavy atom. The van der Waals surface area contributed by atoms with Crippen LogP contribution in [0.3, 0.4) is 0 Å². The van der Waals surface area contributed by atoms with Gasteiger partial charge in [0.05, 0.1) is 38.6 Å². The molecule has 2 amide bonds. The van der Waals surface area contributed by atoms with E-state index in [1.54, 1.807) is 33.2 Å². The van der Waals surface area contributed by atoms with E-state index < -0.39 is 29.4 Å². The van der Waals surface area contributed by atoms with Crippen LogP contribution in [0.2, 0.25) is 0 Å². The molecule has 40 heavy (non-hydrogen) atoms. The summed E-state index contributed by atoms with van der Waals surface area (Å²) in [4.78, 5) is 29.1. The molecule has 0 aliphatic carbocycles. The number of rotatable bonds is 6. The maximum Gasteiger partial charge on any atom is 0.254 e. The average Bonchev–Trinajstić information content (AvgIpc) is 3.03. The number of para-hydroxylation sites is 1. The van der Waals surface area contributed by atoms with E-state index in [2.05, 4.69) is 26.6 Å². The molecule has 1 spiro atoms. The summed E-state index contributed by atoms with van der Waals surface area (Å²) in [5.74, 6) is -0.766. The Bertz CT molecular complexity index is 1420. The number of halogens is 3. The van der Waals surface area contributed by atoms with Crippen molar-refractivity contribution in [3.05, 3.63) is 64.4 Å². The zero-order chi connectivity index (χ0) is 27.7. The first-order valence-corrected chi connectivity index (χ1v) is 13.7. The highest BCUT2D eigenvalue weighted by atomic mass is 79.9. The number of hydrogen-bond acceptors (Lipinski definition) is 6. The molecule has 0 bridgehead atoms. The molecule has 5 rings (SSSR count). The van der Waals surface area contributed by atoms with Crippen LogP contribution >= 0.6 is 28.3 Å². The van der Waals surface area contributed by atoms with Gasteiger partial charge < -0.3 is 29.7 Å². The van der Waals surface area contributed by atoms with Gasteiger partial charge in [-0.15, -0.1) is 12.4 Å². The minimum Gasteiger partial charge on any atom is -0.496 e. The van der Waals surface area contributed by atoms with Gasteiger partial charge in [-0.25, -0.2) is 4.39 Å². The van der Waals surface area contributed by atoms with Gasteiger partial charge in [-0.2, -0.15) is 0 Å². The number of carbonyl (C=O) groups excluding carboxylic acids is 2. The zero-order valence-electron chi connectivity index (χ0n) is 22.5. The highest BCUT2D eigenvalue weighted by Gasteiger charge is 2.52. The number of carbonyl (C=O) groups is 2. The highest BCUT2D eigenvalue weighted by Crippen LogP contribution is 2.44. The van der Waals surface area contributed by atoms with Crippen LogP contribution in [-0.2, 0) is 20.9 Å². The minimum absolute atomic E-state index is 0. The molecule has 0 saturated carbocycles. The molecule has 2 aliphatic rings. The summed E-state index contributed by atoms with van der Waals surface area (Å²) in [6.07, 6.45) is 0.621. The first kappa shape index (κ1) is 30.0. The Morgan fingerprint density at radius 3 is 2.67 bits per heavy atom. The molecule has 1 saturated heterocycles. The van der Waals surface area contributed by atoms with Gasteiger partial charge in [0.25, 0.3) is 5.91 Å². The molecule has 0 unspecified atom stereocenters. The number of anilines is 1. The molecule has 0 radical (unpaired) electrons. The van der Waals surface area contributed by atoms with E-state index >= 15 is 4.39 Å². The number of hydrogen-bond donors (Lipinski definition) is 2. The van der Waals surface area contributed by atoms with E-state index in [0.717, 1.165) is 20.8 Å². The van der Waals surface area contributed by atoms with Crippen LogP contribution < -0.4 is 25.0 Å². The van der Waals surface area contributed by atoms with Crippen molar-refractivity contribution >= 4 is 56.6 Å². The SMILES string of the molecule is CN[C@@H](C)C(=O)N[C@H]1C(=O)N(Cc2c(OC)ccc3cc(Br)ccc23)c2cccc(F)c2OC12CCOCC2.Cl. The van der Waals surface area contributed by atoms with Crippen molar-refractivity contribution in [3.8, 4) is 11.5 Å². The number of methoxy groups -OCH3 is 1. The summed E-state index contributed by atoms with van der Waals surface area (Å²) in [6, 6.07) is 12.6. The summed E-state index contributed by atoms with van der Waals surface area (Å²) >= 11 is 3.52. The number of likely N-dealkylation sites (N-methyl/N-ethyl adjacent to an activating group) is 1. The molecule has 2 heterocycles. The molecule has 2 N–H and O–H groups in total. The topological polar surface area (TPSA) is 89.1 Å². The predicted octanol–water partition coefficient (Wildman–Crippen LogP) is 4.74. The van der Waals surface area contributed by atoms with Gasteiger partial charge in [-0.3, -0.25) is 9.59 Å². The minimum atomic E-state index is -1.18. The van der Waals surface area contributed by atoms with Gasteiger partial charge in [0.2, 0.25) is 5.91 Å². The molecular weight excluding hydrogens is 605 g/mol. The Kier molecular flexibility index (Phi) is 9.24. The second-order valence-electron chi connectivity index (χ2n) is 9.86. The molecule has 3 aromatic carbocycles. The highest BCUT2D eigenvalue weighted by molar-refractivity contribution is 9.10. The van der Waals surface area contributed by atoms with Gasteiger partial charge in [0.15, 0.2) is 11.6 Å². The summed E-state index contributed by atoms with van der Waals surface area (Å²) in [6.45, 7) is 2.41. The third kappa shape index (κ3) is 5.50. The van der Waals surface area contributed by atoms with E-state index in [9.17, 15) is 9.59 Å². The molecule has 2 aliphatic heterocycles. The fourth-order valence-corrected chi connectivity index (χ4v) is 5.67. The number of nitrogens with zero attached hydrogens (tertiary/aromatic N) is 1. The number of amides is 2. The number of benzene rings is 3. The predicted molar refractivity (Wildman–Crippen MR) is 157 cm³/mol. The maximum atomic E-state index is 15.4. The molecule has 1 fully saturated rings. The van der Waals surface area contributed by atoms with E-state index in [1.165, 1.54) is 11.0 Å². The average molecular weight is 637 g/mol. The summed E-state index contributed by atoms with van der Waals surface area (Å²) < 4.78 is 34.1. The Hall–Kier alpha value is -2.92.